The first-order chi connectivity index (χ1) is 9.24. The summed E-state index contributed by atoms with van der Waals surface area (Å²) in [6.45, 7) is 3.71. The highest BCUT2D eigenvalue weighted by molar-refractivity contribution is 5.92. The summed E-state index contributed by atoms with van der Waals surface area (Å²) < 4.78 is 10.4. The maximum absolute atomic E-state index is 5.27. The summed E-state index contributed by atoms with van der Waals surface area (Å²) in [6.07, 6.45) is 1.82. The highest BCUT2D eigenvalue weighted by atomic mass is 16.5. The quantitative estimate of drug-likeness (QED) is 0.867. The van der Waals surface area contributed by atoms with Gasteiger partial charge in [0.2, 0.25) is 0 Å². The third-order valence-electron chi connectivity index (χ3n) is 3.04. The molecule has 1 heterocycles. The molecule has 1 aromatic heterocycles. The fourth-order valence-electron chi connectivity index (χ4n) is 2.03. The molecule has 1 N–H and O–H groups in total. The van der Waals surface area contributed by atoms with E-state index in [1.54, 1.807) is 14.2 Å². The normalized spacial score (nSPS) is 12.4. The summed E-state index contributed by atoms with van der Waals surface area (Å²) in [5.41, 5.74) is 0. The summed E-state index contributed by atoms with van der Waals surface area (Å²) in [6, 6.07) is 8.00. The molecule has 0 saturated heterocycles. The molecule has 0 amide bonds. The van der Waals surface area contributed by atoms with Crippen LogP contribution in [-0.2, 0) is 4.74 Å². The SMILES string of the molecule is COCC(C)CNc1nccc2ccc(OC)cc12. The molecule has 0 aliphatic heterocycles. The number of rotatable bonds is 6. The fraction of sp³-hybridized carbons (Fsp3) is 0.400. The molecule has 0 saturated carbocycles. The summed E-state index contributed by atoms with van der Waals surface area (Å²) >= 11 is 0. The Hall–Kier alpha value is -1.81. The van der Waals surface area contributed by atoms with E-state index < -0.39 is 0 Å². The largest absolute Gasteiger partial charge is 0.497 e. The zero-order valence-electron chi connectivity index (χ0n) is 11.6. The van der Waals surface area contributed by atoms with E-state index in [0.29, 0.717) is 5.92 Å². The Morgan fingerprint density at radius 1 is 1.26 bits per heavy atom. The van der Waals surface area contributed by atoms with Crippen molar-refractivity contribution in [1.82, 2.24) is 4.98 Å². The molecule has 4 nitrogen and oxygen atoms in total. The number of benzene rings is 1. The van der Waals surface area contributed by atoms with E-state index in [2.05, 4.69) is 17.2 Å². The Balaban J connectivity index is 2.22. The van der Waals surface area contributed by atoms with Crippen LogP contribution in [0.4, 0.5) is 5.82 Å². The molecule has 0 aliphatic rings. The lowest BCUT2D eigenvalue weighted by molar-refractivity contribution is 0.164. The van der Waals surface area contributed by atoms with Gasteiger partial charge >= 0.3 is 0 Å². The van der Waals surface area contributed by atoms with Gasteiger partial charge in [-0.2, -0.15) is 0 Å². The van der Waals surface area contributed by atoms with E-state index >= 15 is 0 Å². The van der Waals surface area contributed by atoms with E-state index in [0.717, 1.165) is 35.5 Å². The lowest BCUT2D eigenvalue weighted by atomic mass is 10.1. The molecular formula is C15H20N2O2. The fourth-order valence-corrected chi connectivity index (χ4v) is 2.03. The Kier molecular flexibility index (Phi) is 4.58. The molecule has 102 valence electrons. The van der Waals surface area contributed by atoms with Crippen LogP contribution in [-0.4, -0.2) is 32.4 Å². The van der Waals surface area contributed by atoms with Gasteiger partial charge < -0.3 is 14.8 Å². The molecule has 0 fully saturated rings. The second-order valence-corrected chi connectivity index (χ2v) is 4.69. The maximum Gasteiger partial charge on any atom is 0.133 e. The number of fused-ring (bicyclic) bond motifs is 1. The molecule has 4 heteroatoms. The molecular weight excluding hydrogens is 240 g/mol. The number of pyridine rings is 1. The zero-order chi connectivity index (χ0) is 13.7. The standard InChI is InChI=1S/C15H20N2O2/c1-11(10-18-2)9-17-15-14-8-13(19-3)5-4-12(14)6-7-16-15/h4-8,11H,9-10H2,1-3H3,(H,16,17). The molecule has 1 unspecified atom stereocenters. The molecule has 1 aromatic carbocycles. The lowest BCUT2D eigenvalue weighted by Crippen LogP contribution is -2.16. The van der Waals surface area contributed by atoms with E-state index in [4.69, 9.17) is 9.47 Å². The highest BCUT2D eigenvalue weighted by Gasteiger charge is 2.06. The van der Waals surface area contributed by atoms with Crippen LogP contribution in [0.5, 0.6) is 5.75 Å². The van der Waals surface area contributed by atoms with Gasteiger partial charge in [-0.3, -0.25) is 0 Å². The minimum atomic E-state index is 0.438. The molecule has 0 spiro atoms. The number of hydrogen-bond acceptors (Lipinski definition) is 4. The summed E-state index contributed by atoms with van der Waals surface area (Å²) in [5.74, 6) is 2.17. The van der Waals surface area contributed by atoms with Crippen molar-refractivity contribution in [2.75, 3.05) is 32.7 Å². The molecule has 0 aliphatic carbocycles. The topological polar surface area (TPSA) is 43.4 Å². The predicted octanol–water partition coefficient (Wildman–Crippen LogP) is 2.94. The highest BCUT2D eigenvalue weighted by Crippen LogP contribution is 2.25. The maximum atomic E-state index is 5.27. The van der Waals surface area contributed by atoms with Crippen molar-refractivity contribution in [1.29, 1.82) is 0 Å². The van der Waals surface area contributed by atoms with Gasteiger partial charge in [0.25, 0.3) is 0 Å². The van der Waals surface area contributed by atoms with Gasteiger partial charge in [0.15, 0.2) is 0 Å². The van der Waals surface area contributed by atoms with Crippen LogP contribution in [0.3, 0.4) is 0 Å². The van der Waals surface area contributed by atoms with Gasteiger partial charge in [0.05, 0.1) is 13.7 Å². The molecule has 2 aromatic rings. The third kappa shape index (κ3) is 3.35. The van der Waals surface area contributed by atoms with Crippen molar-refractivity contribution in [2.45, 2.75) is 6.92 Å². The molecule has 2 rings (SSSR count). The first-order valence-electron chi connectivity index (χ1n) is 6.40. The number of anilines is 1. The number of aromatic nitrogens is 1. The number of nitrogens with one attached hydrogen (secondary N) is 1. The van der Waals surface area contributed by atoms with Gasteiger partial charge in [-0.25, -0.2) is 4.98 Å². The average molecular weight is 260 g/mol. The van der Waals surface area contributed by atoms with E-state index in [1.165, 1.54) is 0 Å². The van der Waals surface area contributed by atoms with E-state index in [9.17, 15) is 0 Å². The Bertz CT molecular complexity index is 543. The lowest BCUT2D eigenvalue weighted by Gasteiger charge is -2.13. The minimum Gasteiger partial charge on any atom is -0.497 e. The van der Waals surface area contributed by atoms with Crippen molar-refractivity contribution < 1.29 is 9.47 Å². The summed E-state index contributed by atoms with van der Waals surface area (Å²) in [7, 11) is 3.39. The summed E-state index contributed by atoms with van der Waals surface area (Å²) in [4.78, 5) is 4.41. The average Bonchev–Trinajstić information content (AvgIpc) is 2.44. The number of nitrogens with zero attached hydrogens (tertiary/aromatic N) is 1. The van der Waals surface area contributed by atoms with Gasteiger partial charge in [-0.15, -0.1) is 0 Å². The monoisotopic (exact) mass is 260 g/mol. The van der Waals surface area contributed by atoms with Crippen LogP contribution < -0.4 is 10.1 Å². The first-order valence-corrected chi connectivity index (χ1v) is 6.40. The molecule has 0 radical (unpaired) electrons. The Morgan fingerprint density at radius 3 is 2.84 bits per heavy atom. The van der Waals surface area contributed by atoms with Gasteiger partial charge in [0.1, 0.15) is 11.6 Å². The zero-order valence-corrected chi connectivity index (χ0v) is 11.6. The first kappa shape index (κ1) is 13.6. The van der Waals surface area contributed by atoms with Crippen molar-refractivity contribution in [3.05, 3.63) is 30.5 Å². The second kappa shape index (κ2) is 6.38. The van der Waals surface area contributed by atoms with Crippen LogP contribution in [0.1, 0.15) is 6.92 Å². The van der Waals surface area contributed by atoms with Crippen molar-refractivity contribution in [2.24, 2.45) is 5.92 Å². The van der Waals surface area contributed by atoms with Crippen molar-refractivity contribution in [3.8, 4) is 5.75 Å². The smallest absolute Gasteiger partial charge is 0.133 e. The van der Waals surface area contributed by atoms with Gasteiger partial charge in [-0.1, -0.05) is 13.0 Å². The van der Waals surface area contributed by atoms with Crippen LogP contribution in [0.15, 0.2) is 30.5 Å². The van der Waals surface area contributed by atoms with Crippen LogP contribution in [0, 0.1) is 5.92 Å². The van der Waals surface area contributed by atoms with Crippen molar-refractivity contribution in [3.63, 3.8) is 0 Å². The van der Waals surface area contributed by atoms with E-state index in [-0.39, 0.29) is 0 Å². The summed E-state index contributed by atoms with van der Waals surface area (Å²) in [5, 5.41) is 5.60. The second-order valence-electron chi connectivity index (χ2n) is 4.69. The molecule has 1 atom stereocenters. The number of ether oxygens (including phenoxy) is 2. The van der Waals surface area contributed by atoms with Gasteiger partial charge in [0, 0.05) is 25.2 Å². The number of hydrogen-bond donors (Lipinski definition) is 1. The van der Waals surface area contributed by atoms with Crippen LogP contribution >= 0.6 is 0 Å². The Labute approximate surface area is 113 Å². The minimum absolute atomic E-state index is 0.438. The van der Waals surface area contributed by atoms with E-state index in [1.807, 2.05) is 30.5 Å². The van der Waals surface area contributed by atoms with Crippen LogP contribution in [0.25, 0.3) is 10.8 Å². The predicted molar refractivity (Wildman–Crippen MR) is 77.8 cm³/mol. The molecule has 19 heavy (non-hydrogen) atoms. The van der Waals surface area contributed by atoms with Gasteiger partial charge in [-0.05, 0) is 29.5 Å². The number of methoxy groups -OCH3 is 2. The van der Waals surface area contributed by atoms with Crippen LogP contribution in [0.2, 0.25) is 0 Å². The van der Waals surface area contributed by atoms with Crippen molar-refractivity contribution >= 4 is 16.6 Å². The molecule has 0 bridgehead atoms. The third-order valence-corrected chi connectivity index (χ3v) is 3.04. The Morgan fingerprint density at radius 2 is 2.11 bits per heavy atom.